The first-order valence-electron chi connectivity index (χ1n) is 10.4. The molecule has 0 bridgehead atoms. The molecule has 7 N–H and O–H groups in total. The molecule has 0 fully saturated rings. The maximum Gasteiger partial charge on any atom is 0.411 e. The van der Waals surface area contributed by atoms with E-state index in [1.807, 2.05) is 0 Å². The minimum Gasteiger partial charge on any atom is -0.465 e. The Kier molecular flexibility index (Phi) is 7.61. The number of carboxylic acid groups (broad SMARTS) is 2. The highest BCUT2D eigenvalue weighted by molar-refractivity contribution is 5.96. The first kappa shape index (κ1) is 24.7. The average molecular weight is 481 g/mol. The van der Waals surface area contributed by atoms with Crippen LogP contribution in [0.1, 0.15) is 13.8 Å². The number of aromatic nitrogens is 3. The molecule has 0 aliphatic heterocycles. The van der Waals surface area contributed by atoms with Gasteiger partial charge in [-0.1, -0.05) is 24.3 Å². The molecule has 1 heterocycles. The van der Waals surface area contributed by atoms with E-state index in [0.717, 1.165) is 11.1 Å². The highest BCUT2D eigenvalue weighted by Gasteiger charge is 2.17. The van der Waals surface area contributed by atoms with Crippen LogP contribution in [-0.4, -0.2) is 61.7 Å². The van der Waals surface area contributed by atoms with Crippen LogP contribution in [0.25, 0.3) is 22.5 Å². The first-order valence-corrected chi connectivity index (χ1v) is 10.4. The summed E-state index contributed by atoms with van der Waals surface area (Å²) in [5.41, 5.74) is 3.91. The van der Waals surface area contributed by atoms with Gasteiger partial charge in [0.2, 0.25) is 0 Å². The van der Waals surface area contributed by atoms with E-state index in [0.29, 0.717) is 22.8 Å². The van der Waals surface area contributed by atoms with Crippen LogP contribution in [0.3, 0.4) is 0 Å². The van der Waals surface area contributed by atoms with E-state index in [1.54, 1.807) is 73.0 Å². The summed E-state index contributed by atoms with van der Waals surface area (Å²) in [5, 5.41) is 37.8. The summed E-state index contributed by atoms with van der Waals surface area (Å²) in [4.78, 5) is 44.7. The van der Waals surface area contributed by atoms with Crippen molar-refractivity contribution in [2.45, 2.75) is 25.9 Å². The van der Waals surface area contributed by atoms with Crippen LogP contribution >= 0.6 is 0 Å². The van der Waals surface area contributed by atoms with Gasteiger partial charge in [0.15, 0.2) is 0 Å². The van der Waals surface area contributed by atoms with Crippen LogP contribution in [0.5, 0.6) is 0 Å². The maximum atomic E-state index is 11.7. The lowest BCUT2D eigenvalue weighted by Gasteiger charge is -2.14. The number of aromatic amines is 1. The Balaban J connectivity index is 1.69. The second kappa shape index (κ2) is 10.8. The molecule has 13 nitrogen and oxygen atoms in total. The summed E-state index contributed by atoms with van der Waals surface area (Å²) < 4.78 is 0. The lowest BCUT2D eigenvalue weighted by molar-refractivity contribution is -0.121. The molecule has 13 heteroatoms. The van der Waals surface area contributed by atoms with Gasteiger partial charge < -0.3 is 20.8 Å². The number of carbonyl (C=O) groups is 4. The van der Waals surface area contributed by atoms with E-state index in [1.165, 1.54) is 0 Å². The zero-order valence-electron chi connectivity index (χ0n) is 18.7. The van der Waals surface area contributed by atoms with Crippen molar-refractivity contribution < 1.29 is 29.4 Å². The van der Waals surface area contributed by atoms with E-state index >= 15 is 0 Å². The van der Waals surface area contributed by atoms with Crippen molar-refractivity contribution in [3.05, 3.63) is 48.5 Å². The van der Waals surface area contributed by atoms with Crippen LogP contribution in [0.2, 0.25) is 0 Å². The van der Waals surface area contributed by atoms with Crippen LogP contribution in [-0.2, 0) is 9.59 Å². The normalized spacial score (nSPS) is 12.2. The Morgan fingerprint density at radius 2 is 1.03 bits per heavy atom. The highest BCUT2D eigenvalue weighted by Crippen LogP contribution is 2.30. The Labute approximate surface area is 198 Å². The van der Waals surface area contributed by atoms with Crippen molar-refractivity contribution in [2.75, 3.05) is 10.6 Å². The molecular formula is C22H23N7O6. The maximum absolute atomic E-state index is 11.7. The second-order valence-electron chi connectivity index (χ2n) is 7.50. The lowest BCUT2D eigenvalue weighted by Crippen LogP contribution is -2.40. The van der Waals surface area contributed by atoms with E-state index in [-0.39, 0.29) is 0 Å². The smallest absolute Gasteiger partial charge is 0.411 e. The van der Waals surface area contributed by atoms with Gasteiger partial charge >= 0.3 is 12.2 Å². The van der Waals surface area contributed by atoms with Gasteiger partial charge in [-0.3, -0.25) is 20.2 Å². The van der Waals surface area contributed by atoms with E-state index in [9.17, 15) is 19.2 Å². The van der Waals surface area contributed by atoms with Crippen LogP contribution in [0, 0.1) is 0 Å². The SMILES string of the molecule is C[C@H](Nc1ccc(-c2n[nH]nc2-c2ccc(N[C@@H](C)C(=O)NC(=O)O)cc2)cc1)C(=O)NC(=O)O. The number of amides is 4. The molecule has 0 radical (unpaired) electrons. The number of carbonyl (C=O) groups excluding carboxylic acids is 2. The standard InChI is InChI=1S/C22H23N7O6/c1-11(19(30)25-21(32)33)23-15-7-3-13(4-8-15)17-18(28-29-27-17)14-5-9-16(10-6-14)24-12(2)20(31)26-22(34)35/h3-12,23-24H,1-2H3,(H,25,30)(H,26,31)(H,32,33)(H,34,35)(H,27,28,29)/t11-,12-/m0/s1. The fourth-order valence-electron chi connectivity index (χ4n) is 3.14. The topological polar surface area (TPSA) is 198 Å². The summed E-state index contributed by atoms with van der Waals surface area (Å²) in [5.74, 6) is -1.34. The van der Waals surface area contributed by atoms with Gasteiger partial charge in [-0.25, -0.2) is 9.59 Å². The molecule has 182 valence electrons. The molecule has 0 unspecified atom stereocenters. The Morgan fingerprint density at radius 1 is 0.686 bits per heavy atom. The minimum absolute atomic E-state index is 0.586. The number of rotatable bonds is 8. The van der Waals surface area contributed by atoms with Gasteiger partial charge in [0, 0.05) is 22.5 Å². The predicted molar refractivity (Wildman–Crippen MR) is 126 cm³/mol. The van der Waals surface area contributed by atoms with Crippen molar-refractivity contribution in [2.24, 2.45) is 0 Å². The van der Waals surface area contributed by atoms with Crippen LogP contribution in [0.4, 0.5) is 21.0 Å². The summed E-state index contributed by atoms with van der Waals surface area (Å²) in [6.45, 7) is 3.08. The molecule has 3 rings (SSSR count). The number of imide groups is 2. The number of nitrogens with zero attached hydrogens (tertiary/aromatic N) is 2. The summed E-state index contributed by atoms with van der Waals surface area (Å²) in [7, 11) is 0. The molecule has 4 amide bonds. The van der Waals surface area contributed by atoms with Crippen molar-refractivity contribution in [3.63, 3.8) is 0 Å². The third-order valence-electron chi connectivity index (χ3n) is 4.88. The zero-order chi connectivity index (χ0) is 25.5. The van der Waals surface area contributed by atoms with Gasteiger partial charge in [-0.05, 0) is 38.1 Å². The van der Waals surface area contributed by atoms with Crippen molar-refractivity contribution in [1.82, 2.24) is 26.0 Å². The molecule has 0 aliphatic carbocycles. The first-order chi connectivity index (χ1) is 16.6. The Morgan fingerprint density at radius 3 is 1.34 bits per heavy atom. The van der Waals surface area contributed by atoms with Crippen molar-refractivity contribution in [1.29, 1.82) is 0 Å². The predicted octanol–water partition coefficient (Wildman–Crippen LogP) is 2.33. The number of nitrogens with one attached hydrogen (secondary N) is 5. The average Bonchev–Trinajstić information content (AvgIpc) is 3.29. The summed E-state index contributed by atoms with van der Waals surface area (Å²) in [6, 6.07) is 12.5. The molecule has 2 atom stereocenters. The summed E-state index contributed by atoms with van der Waals surface area (Å²) >= 11 is 0. The minimum atomic E-state index is -1.42. The van der Waals surface area contributed by atoms with Crippen molar-refractivity contribution in [3.8, 4) is 22.5 Å². The van der Waals surface area contributed by atoms with Gasteiger partial charge in [0.1, 0.15) is 23.5 Å². The second-order valence-corrected chi connectivity index (χ2v) is 7.50. The molecular weight excluding hydrogens is 458 g/mol. The molecule has 1 aromatic heterocycles. The number of anilines is 2. The molecule has 2 aromatic carbocycles. The number of H-pyrrole nitrogens is 1. The third-order valence-corrected chi connectivity index (χ3v) is 4.88. The lowest BCUT2D eigenvalue weighted by atomic mass is 10.0. The fourth-order valence-corrected chi connectivity index (χ4v) is 3.14. The largest absolute Gasteiger partial charge is 0.465 e. The number of hydrogen-bond donors (Lipinski definition) is 7. The molecule has 0 saturated carbocycles. The van der Waals surface area contributed by atoms with Gasteiger partial charge in [0.25, 0.3) is 11.8 Å². The quantitative estimate of drug-likeness (QED) is 0.250. The molecule has 35 heavy (non-hydrogen) atoms. The highest BCUT2D eigenvalue weighted by atomic mass is 16.4. The number of hydrogen-bond acceptors (Lipinski definition) is 8. The molecule has 3 aromatic rings. The van der Waals surface area contributed by atoms with Gasteiger partial charge in [0.05, 0.1) is 0 Å². The molecule has 0 aliphatic rings. The third kappa shape index (κ3) is 6.54. The van der Waals surface area contributed by atoms with Crippen LogP contribution in [0.15, 0.2) is 48.5 Å². The van der Waals surface area contributed by atoms with Gasteiger partial charge in [-0.15, -0.1) is 0 Å². The zero-order valence-corrected chi connectivity index (χ0v) is 18.7. The Hall–Kier alpha value is -4.94. The van der Waals surface area contributed by atoms with Crippen LogP contribution < -0.4 is 21.3 Å². The summed E-state index contributed by atoms with van der Waals surface area (Å²) in [6.07, 6.45) is -2.83. The monoisotopic (exact) mass is 481 g/mol. The molecule has 0 spiro atoms. The van der Waals surface area contributed by atoms with Crippen molar-refractivity contribution >= 4 is 35.4 Å². The van der Waals surface area contributed by atoms with E-state index in [2.05, 4.69) is 26.0 Å². The van der Waals surface area contributed by atoms with Gasteiger partial charge in [-0.2, -0.15) is 15.4 Å². The Bertz CT molecular complexity index is 1130. The molecule has 0 saturated heterocycles. The van der Waals surface area contributed by atoms with E-state index < -0.39 is 36.1 Å². The number of benzene rings is 2. The van der Waals surface area contributed by atoms with E-state index in [4.69, 9.17) is 10.2 Å². The fraction of sp³-hybridized carbons (Fsp3) is 0.182.